The van der Waals surface area contributed by atoms with Gasteiger partial charge in [0.25, 0.3) is 0 Å². The minimum atomic E-state index is -0.836. The molecule has 1 unspecified atom stereocenters. The van der Waals surface area contributed by atoms with Gasteiger partial charge in [-0.25, -0.2) is 9.07 Å². The topological polar surface area (TPSA) is 30.7 Å². The predicted octanol–water partition coefficient (Wildman–Crippen LogP) is 3.16. The van der Waals surface area contributed by atoms with Crippen molar-refractivity contribution in [2.24, 2.45) is 0 Å². The number of rotatable bonds is 3. The van der Waals surface area contributed by atoms with Gasteiger partial charge in [-0.2, -0.15) is 0 Å². The minimum absolute atomic E-state index is 0.537. The summed E-state index contributed by atoms with van der Waals surface area (Å²) in [6.07, 6.45) is 0. The van der Waals surface area contributed by atoms with E-state index in [1.165, 1.54) is 0 Å². The van der Waals surface area contributed by atoms with E-state index in [9.17, 15) is 4.39 Å². The number of fused-ring (bicyclic) bond motifs is 1. The molecule has 0 fully saturated rings. The average Bonchev–Trinajstić information content (AvgIpc) is 2.92. The van der Waals surface area contributed by atoms with Gasteiger partial charge in [0.1, 0.15) is 17.7 Å². The van der Waals surface area contributed by atoms with Crippen molar-refractivity contribution in [2.45, 2.75) is 12.5 Å². The first-order valence-corrected chi connectivity index (χ1v) is 6.18. The Labute approximate surface area is 110 Å². The zero-order valence-corrected chi connectivity index (χ0v) is 10.6. The van der Waals surface area contributed by atoms with Gasteiger partial charge in [0.05, 0.1) is 5.52 Å². The Morgan fingerprint density at radius 2 is 1.74 bits per heavy atom. The summed E-state index contributed by atoms with van der Waals surface area (Å²) in [6, 6.07) is 17.1. The Balaban J connectivity index is 2.22. The summed E-state index contributed by atoms with van der Waals surface area (Å²) in [4.78, 5) is 0. The summed E-state index contributed by atoms with van der Waals surface area (Å²) in [5, 5.41) is 8.25. The molecule has 0 saturated heterocycles. The van der Waals surface area contributed by atoms with E-state index in [0.29, 0.717) is 0 Å². The molecule has 1 atom stereocenters. The normalized spacial score (nSPS) is 14.4. The van der Waals surface area contributed by atoms with E-state index in [1.807, 2.05) is 61.5 Å². The maximum atomic E-state index is 13.7. The molecule has 0 aliphatic rings. The number of halogens is 1. The summed E-state index contributed by atoms with van der Waals surface area (Å²) in [6.45, 7) is 1.30. The van der Waals surface area contributed by atoms with Crippen LogP contribution in [0.25, 0.3) is 11.0 Å². The Kier molecular flexibility index (Phi) is 2.78. The van der Waals surface area contributed by atoms with Crippen molar-refractivity contribution in [3.8, 4) is 0 Å². The van der Waals surface area contributed by atoms with Crippen LogP contribution in [0, 0.1) is 0 Å². The standard InChI is InChI=1S/C15H14FN3/c1-15(11-16,12-7-3-2-4-8-12)19-14-10-6-5-9-13(14)17-18-19/h2-10H,11H2,1H3. The highest BCUT2D eigenvalue weighted by Gasteiger charge is 2.31. The van der Waals surface area contributed by atoms with Gasteiger partial charge in [0.2, 0.25) is 0 Å². The fourth-order valence-corrected chi connectivity index (χ4v) is 2.29. The van der Waals surface area contributed by atoms with Crippen LogP contribution >= 0.6 is 0 Å². The highest BCUT2D eigenvalue weighted by molar-refractivity contribution is 5.74. The third kappa shape index (κ3) is 1.80. The smallest absolute Gasteiger partial charge is 0.119 e. The van der Waals surface area contributed by atoms with Crippen molar-refractivity contribution < 1.29 is 4.39 Å². The van der Waals surface area contributed by atoms with Crippen LogP contribution in [0.1, 0.15) is 12.5 Å². The summed E-state index contributed by atoms with van der Waals surface area (Å²) in [7, 11) is 0. The third-order valence-electron chi connectivity index (χ3n) is 3.48. The number of nitrogens with zero attached hydrogens (tertiary/aromatic N) is 3. The Morgan fingerprint density at radius 1 is 1.05 bits per heavy atom. The molecule has 0 N–H and O–H groups in total. The SMILES string of the molecule is CC(CF)(c1ccccc1)n1nnc2ccccc21. The van der Waals surface area contributed by atoms with Gasteiger partial charge in [-0.05, 0) is 24.6 Å². The van der Waals surface area contributed by atoms with E-state index in [-0.39, 0.29) is 0 Å². The molecule has 0 bridgehead atoms. The van der Waals surface area contributed by atoms with Gasteiger partial charge in [-0.3, -0.25) is 0 Å². The largest absolute Gasteiger partial charge is 0.248 e. The van der Waals surface area contributed by atoms with Gasteiger partial charge in [0, 0.05) is 0 Å². The molecule has 3 rings (SSSR count). The van der Waals surface area contributed by atoms with E-state index >= 15 is 0 Å². The zero-order valence-electron chi connectivity index (χ0n) is 10.6. The van der Waals surface area contributed by atoms with Crippen molar-refractivity contribution in [1.82, 2.24) is 15.0 Å². The summed E-state index contributed by atoms with van der Waals surface area (Å²) >= 11 is 0. The van der Waals surface area contributed by atoms with Gasteiger partial charge < -0.3 is 0 Å². The molecule has 1 aromatic heterocycles. The van der Waals surface area contributed by atoms with Gasteiger partial charge in [-0.1, -0.05) is 47.7 Å². The summed E-state index contributed by atoms with van der Waals surface area (Å²) in [5.74, 6) is 0. The lowest BCUT2D eigenvalue weighted by atomic mass is 9.93. The molecule has 0 aliphatic heterocycles. The molecule has 0 radical (unpaired) electrons. The van der Waals surface area contributed by atoms with Gasteiger partial charge in [-0.15, -0.1) is 5.10 Å². The van der Waals surface area contributed by atoms with Crippen LogP contribution in [0.5, 0.6) is 0 Å². The maximum absolute atomic E-state index is 13.7. The van der Waals surface area contributed by atoms with Crippen LogP contribution in [0.3, 0.4) is 0 Å². The molecule has 3 aromatic rings. The molecule has 0 spiro atoms. The number of aromatic nitrogens is 3. The van der Waals surface area contributed by atoms with Crippen molar-refractivity contribution in [2.75, 3.05) is 6.67 Å². The molecular weight excluding hydrogens is 241 g/mol. The first-order chi connectivity index (χ1) is 9.25. The van der Waals surface area contributed by atoms with Crippen molar-refractivity contribution >= 4 is 11.0 Å². The molecule has 0 aliphatic carbocycles. The van der Waals surface area contributed by atoms with E-state index in [1.54, 1.807) is 4.68 Å². The molecule has 0 amide bonds. The third-order valence-corrected chi connectivity index (χ3v) is 3.48. The first kappa shape index (κ1) is 11.8. The molecule has 0 saturated carbocycles. The van der Waals surface area contributed by atoms with Crippen molar-refractivity contribution in [3.05, 3.63) is 60.2 Å². The van der Waals surface area contributed by atoms with Crippen LogP contribution in [0.15, 0.2) is 54.6 Å². The monoisotopic (exact) mass is 255 g/mol. The summed E-state index contributed by atoms with van der Waals surface area (Å²) in [5.41, 5.74) is 1.66. The molecule has 3 nitrogen and oxygen atoms in total. The number of hydrogen-bond acceptors (Lipinski definition) is 2. The highest BCUT2D eigenvalue weighted by Crippen LogP contribution is 2.28. The molecule has 2 aromatic carbocycles. The Morgan fingerprint density at radius 3 is 2.47 bits per heavy atom. The Bertz CT molecular complexity index is 693. The fourth-order valence-electron chi connectivity index (χ4n) is 2.29. The second kappa shape index (κ2) is 4.46. The second-order valence-electron chi connectivity index (χ2n) is 4.76. The molecule has 1 heterocycles. The quantitative estimate of drug-likeness (QED) is 0.719. The number of benzene rings is 2. The lowest BCUT2D eigenvalue weighted by molar-refractivity contribution is 0.264. The van der Waals surface area contributed by atoms with Gasteiger partial charge in [0.15, 0.2) is 0 Å². The van der Waals surface area contributed by atoms with E-state index in [0.717, 1.165) is 16.6 Å². The molecule has 19 heavy (non-hydrogen) atoms. The number of alkyl halides is 1. The van der Waals surface area contributed by atoms with E-state index < -0.39 is 12.2 Å². The second-order valence-corrected chi connectivity index (χ2v) is 4.76. The summed E-state index contributed by atoms with van der Waals surface area (Å²) < 4.78 is 15.4. The molecule has 96 valence electrons. The minimum Gasteiger partial charge on any atom is -0.248 e. The maximum Gasteiger partial charge on any atom is 0.119 e. The van der Waals surface area contributed by atoms with Gasteiger partial charge >= 0.3 is 0 Å². The fraction of sp³-hybridized carbons (Fsp3) is 0.200. The van der Waals surface area contributed by atoms with Crippen molar-refractivity contribution in [1.29, 1.82) is 0 Å². The molecular formula is C15H14FN3. The zero-order chi connectivity index (χ0) is 13.3. The Hall–Kier alpha value is -2.23. The van der Waals surface area contributed by atoms with Crippen LogP contribution in [-0.4, -0.2) is 21.7 Å². The van der Waals surface area contributed by atoms with Crippen molar-refractivity contribution in [3.63, 3.8) is 0 Å². The van der Waals surface area contributed by atoms with Crippen LogP contribution in [0.4, 0.5) is 4.39 Å². The number of hydrogen-bond donors (Lipinski definition) is 0. The predicted molar refractivity (Wildman–Crippen MR) is 72.7 cm³/mol. The average molecular weight is 255 g/mol. The van der Waals surface area contributed by atoms with Crippen LogP contribution in [-0.2, 0) is 5.54 Å². The van der Waals surface area contributed by atoms with Crippen LogP contribution in [0.2, 0.25) is 0 Å². The number of para-hydroxylation sites is 1. The molecule has 4 heteroatoms. The van der Waals surface area contributed by atoms with Crippen LogP contribution < -0.4 is 0 Å². The van der Waals surface area contributed by atoms with E-state index in [2.05, 4.69) is 10.3 Å². The lowest BCUT2D eigenvalue weighted by Crippen LogP contribution is -2.34. The first-order valence-electron chi connectivity index (χ1n) is 6.18. The lowest BCUT2D eigenvalue weighted by Gasteiger charge is -2.27. The highest BCUT2D eigenvalue weighted by atomic mass is 19.1. The van der Waals surface area contributed by atoms with E-state index in [4.69, 9.17) is 0 Å².